The highest BCUT2D eigenvalue weighted by atomic mass is 32.2. The van der Waals surface area contributed by atoms with Crippen LogP contribution in [0.4, 0.5) is 0 Å². The fourth-order valence-corrected chi connectivity index (χ4v) is 2.52. The van der Waals surface area contributed by atoms with Crippen molar-refractivity contribution in [3.63, 3.8) is 0 Å². The maximum Gasteiger partial charge on any atom is 0.0685 e. The van der Waals surface area contributed by atoms with Gasteiger partial charge in [-0.15, -0.1) is 0 Å². The number of rotatable bonds is 7. The van der Waals surface area contributed by atoms with Crippen LogP contribution < -0.4 is 0 Å². The number of aryl methyl sites for hydroxylation is 1. The van der Waals surface area contributed by atoms with Gasteiger partial charge in [-0.25, -0.2) is 0 Å². The molecule has 96 valence electrons. The molecule has 0 bridgehead atoms. The van der Waals surface area contributed by atoms with Crippen LogP contribution in [-0.2, 0) is 12.8 Å². The first kappa shape index (κ1) is 14.5. The zero-order chi connectivity index (χ0) is 12.7. The van der Waals surface area contributed by atoms with Gasteiger partial charge < -0.3 is 5.11 Å². The molecule has 0 aliphatic carbocycles. The van der Waals surface area contributed by atoms with E-state index in [9.17, 15) is 5.11 Å². The Hall–Kier alpha value is -0.540. The van der Waals surface area contributed by atoms with Gasteiger partial charge in [0.05, 0.1) is 6.10 Å². The lowest BCUT2D eigenvalue weighted by molar-refractivity contribution is 0.199. The number of nitrogens with zero attached hydrogens (tertiary/aromatic N) is 1. The van der Waals surface area contributed by atoms with E-state index in [-0.39, 0.29) is 6.10 Å². The van der Waals surface area contributed by atoms with Crippen molar-refractivity contribution in [3.05, 3.63) is 29.6 Å². The van der Waals surface area contributed by atoms with E-state index in [1.165, 1.54) is 5.56 Å². The number of aromatic nitrogens is 1. The van der Waals surface area contributed by atoms with Crippen LogP contribution in [0.15, 0.2) is 18.3 Å². The fraction of sp³-hybridized carbons (Fsp3) is 0.643. The highest BCUT2D eigenvalue weighted by molar-refractivity contribution is 7.99. The summed E-state index contributed by atoms with van der Waals surface area (Å²) in [6, 6.07) is 4.12. The molecule has 1 heterocycles. The normalized spacial score (nSPS) is 13.0. The van der Waals surface area contributed by atoms with E-state index in [1.54, 1.807) is 0 Å². The number of hydrogen-bond donors (Lipinski definition) is 1. The third-order valence-electron chi connectivity index (χ3n) is 2.50. The molecule has 0 saturated heterocycles. The average Bonchev–Trinajstić information content (AvgIpc) is 2.29. The van der Waals surface area contributed by atoms with Crippen LogP contribution >= 0.6 is 11.8 Å². The lowest BCUT2D eigenvalue weighted by Gasteiger charge is -2.11. The zero-order valence-corrected chi connectivity index (χ0v) is 11.8. The summed E-state index contributed by atoms with van der Waals surface area (Å²) >= 11 is 1.82. The smallest absolute Gasteiger partial charge is 0.0685 e. The fourth-order valence-electron chi connectivity index (χ4n) is 1.53. The molecule has 2 nitrogen and oxygen atoms in total. The minimum atomic E-state index is -0.279. The SMILES string of the molecule is CCc1ccc(CC(O)CSCC(C)C)nc1. The van der Waals surface area contributed by atoms with Crippen molar-refractivity contribution in [2.45, 2.75) is 39.7 Å². The second-order valence-corrected chi connectivity index (χ2v) is 5.88. The monoisotopic (exact) mass is 253 g/mol. The second-order valence-electron chi connectivity index (χ2n) is 4.80. The number of aliphatic hydroxyl groups is 1. The summed E-state index contributed by atoms with van der Waals surface area (Å²) in [4.78, 5) is 4.36. The summed E-state index contributed by atoms with van der Waals surface area (Å²) in [5, 5.41) is 9.88. The molecule has 0 fully saturated rings. The predicted octanol–water partition coefficient (Wildman–Crippen LogP) is 2.94. The van der Waals surface area contributed by atoms with Crippen LogP contribution in [0.2, 0.25) is 0 Å². The molecule has 1 rings (SSSR count). The molecule has 1 aromatic heterocycles. The van der Waals surface area contributed by atoms with Crippen molar-refractivity contribution in [2.75, 3.05) is 11.5 Å². The standard InChI is InChI=1S/C14H23NOS/c1-4-12-5-6-13(15-8-12)7-14(16)10-17-9-11(2)3/h5-6,8,11,14,16H,4,7,9-10H2,1-3H3. The first-order valence-corrected chi connectivity index (χ1v) is 7.47. The minimum Gasteiger partial charge on any atom is -0.392 e. The van der Waals surface area contributed by atoms with Gasteiger partial charge >= 0.3 is 0 Å². The molecule has 17 heavy (non-hydrogen) atoms. The van der Waals surface area contributed by atoms with Gasteiger partial charge in [0.2, 0.25) is 0 Å². The molecule has 0 amide bonds. The summed E-state index contributed by atoms with van der Waals surface area (Å²) in [5.74, 6) is 2.60. The van der Waals surface area contributed by atoms with Crippen LogP contribution in [0.25, 0.3) is 0 Å². The molecule has 0 aliphatic rings. The molecule has 1 atom stereocenters. The van der Waals surface area contributed by atoms with Crippen molar-refractivity contribution >= 4 is 11.8 Å². The van der Waals surface area contributed by atoms with Crippen molar-refractivity contribution in [1.29, 1.82) is 0 Å². The second kappa shape index (κ2) is 7.72. The third-order valence-corrected chi connectivity index (χ3v) is 4.02. The first-order chi connectivity index (χ1) is 8.11. The molecular formula is C14H23NOS. The van der Waals surface area contributed by atoms with Gasteiger partial charge in [-0.05, 0) is 29.7 Å². The molecule has 0 radical (unpaired) electrons. The Morgan fingerprint density at radius 1 is 1.29 bits per heavy atom. The summed E-state index contributed by atoms with van der Waals surface area (Å²) in [6.07, 6.45) is 3.30. The van der Waals surface area contributed by atoms with Crippen LogP contribution in [0.1, 0.15) is 32.0 Å². The van der Waals surface area contributed by atoms with E-state index >= 15 is 0 Å². The molecule has 1 N–H and O–H groups in total. The van der Waals surface area contributed by atoms with E-state index in [1.807, 2.05) is 24.0 Å². The molecule has 1 unspecified atom stereocenters. The van der Waals surface area contributed by atoms with Gasteiger partial charge in [0.25, 0.3) is 0 Å². The minimum absolute atomic E-state index is 0.279. The summed E-state index contributed by atoms with van der Waals surface area (Å²) in [7, 11) is 0. The average molecular weight is 253 g/mol. The Morgan fingerprint density at radius 3 is 2.59 bits per heavy atom. The van der Waals surface area contributed by atoms with Gasteiger partial charge in [-0.1, -0.05) is 26.8 Å². The Morgan fingerprint density at radius 2 is 2.06 bits per heavy atom. The van der Waals surface area contributed by atoms with Crippen molar-refractivity contribution in [3.8, 4) is 0 Å². The van der Waals surface area contributed by atoms with E-state index in [2.05, 4.69) is 31.8 Å². The van der Waals surface area contributed by atoms with Gasteiger partial charge in [-0.2, -0.15) is 11.8 Å². The van der Waals surface area contributed by atoms with Crippen LogP contribution in [0, 0.1) is 5.92 Å². The Balaban J connectivity index is 2.31. The molecule has 0 spiro atoms. The molecule has 3 heteroatoms. The van der Waals surface area contributed by atoms with E-state index in [0.29, 0.717) is 12.3 Å². The van der Waals surface area contributed by atoms with Crippen LogP contribution in [-0.4, -0.2) is 27.7 Å². The van der Waals surface area contributed by atoms with E-state index in [0.717, 1.165) is 23.6 Å². The third kappa shape index (κ3) is 6.08. The molecule has 0 aromatic carbocycles. The van der Waals surface area contributed by atoms with Crippen LogP contribution in [0.3, 0.4) is 0 Å². The highest BCUT2D eigenvalue weighted by Gasteiger charge is 2.07. The number of aliphatic hydroxyl groups excluding tert-OH is 1. The van der Waals surface area contributed by atoms with Crippen molar-refractivity contribution in [1.82, 2.24) is 4.98 Å². The molecule has 0 saturated carbocycles. The predicted molar refractivity (Wildman–Crippen MR) is 75.5 cm³/mol. The Bertz CT molecular complexity index is 311. The number of thioether (sulfide) groups is 1. The number of hydrogen-bond acceptors (Lipinski definition) is 3. The molecular weight excluding hydrogens is 230 g/mol. The molecule has 0 aliphatic heterocycles. The maximum atomic E-state index is 9.88. The van der Waals surface area contributed by atoms with Gasteiger partial charge in [0.15, 0.2) is 0 Å². The van der Waals surface area contributed by atoms with E-state index < -0.39 is 0 Å². The summed E-state index contributed by atoms with van der Waals surface area (Å²) in [6.45, 7) is 6.52. The van der Waals surface area contributed by atoms with Crippen LogP contribution in [0.5, 0.6) is 0 Å². The summed E-state index contributed by atoms with van der Waals surface area (Å²) in [5.41, 5.74) is 2.23. The van der Waals surface area contributed by atoms with Gasteiger partial charge in [-0.3, -0.25) is 4.98 Å². The first-order valence-electron chi connectivity index (χ1n) is 6.31. The Kier molecular flexibility index (Phi) is 6.60. The summed E-state index contributed by atoms with van der Waals surface area (Å²) < 4.78 is 0. The lowest BCUT2D eigenvalue weighted by Crippen LogP contribution is -2.15. The Labute approximate surface area is 109 Å². The van der Waals surface area contributed by atoms with Gasteiger partial charge in [0.1, 0.15) is 0 Å². The zero-order valence-electron chi connectivity index (χ0n) is 11.0. The van der Waals surface area contributed by atoms with E-state index in [4.69, 9.17) is 0 Å². The van der Waals surface area contributed by atoms with Crippen molar-refractivity contribution < 1.29 is 5.11 Å². The largest absolute Gasteiger partial charge is 0.392 e. The molecule has 1 aromatic rings. The topological polar surface area (TPSA) is 33.1 Å². The van der Waals surface area contributed by atoms with Crippen molar-refractivity contribution in [2.24, 2.45) is 5.92 Å². The highest BCUT2D eigenvalue weighted by Crippen LogP contribution is 2.11. The lowest BCUT2D eigenvalue weighted by atomic mass is 10.1. The number of pyridine rings is 1. The van der Waals surface area contributed by atoms with Gasteiger partial charge in [0, 0.05) is 24.1 Å². The maximum absolute atomic E-state index is 9.88. The quantitative estimate of drug-likeness (QED) is 0.811.